The number of carbonyl (C=O) groups is 1. The minimum absolute atomic E-state index is 0.182. The van der Waals surface area contributed by atoms with Gasteiger partial charge in [-0.15, -0.1) is 0 Å². The summed E-state index contributed by atoms with van der Waals surface area (Å²) in [5, 5.41) is 5.32. The SMILES string of the molecule is O=C(CSc1ccccn1)N/N=C/c1cccc(Cl)c1. The molecule has 0 radical (unpaired) electrons. The van der Waals surface area contributed by atoms with Crippen molar-refractivity contribution in [3.63, 3.8) is 0 Å². The number of hydrogen-bond donors (Lipinski definition) is 1. The first-order valence-electron chi connectivity index (χ1n) is 5.85. The van der Waals surface area contributed by atoms with Gasteiger partial charge in [0.05, 0.1) is 17.0 Å². The molecule has 0 aliphatic heterocycles. The lowest BCUT2D eigenvalue weighted by Crippen LogP contribution is -2.19. The molecule has 0 fully saturated rings. The topological polar surface area (TPSA) is 54.4 Å². The second-order valence-corrected chi connectivity index (χ2v) is 5.24. The van der Waals surface area contributed by atoms with Crippen molar-refractivity contribution in [3.8, 4) is 0 Å². The number of aromatic nitrogens is 1. The zero-order valence-corrected chi connectivity index (χ0v) is 12.1. The van der Waals surface area contributed by atoms with Crippen molar-refractivity contribution in [2.24, 2.45) is 5.10 Å². The van der Waals surface area contributed by atoms with Crippen molar-refractivity contribution < 1.29 is 4.79 Å². The maximum absolute atomic E-state index is 11.6. The predicted octanol–water partition coefficient (Wildman–Crippen LogP) is 2.98. The van der Waals surface area contributed by atoms with Gasteiger partial charge in [0.15, 0.2) is 0 Å². The molecule has 20 heavy (non-hydrogen) atoms. The summed E-state index contributed by atoms with van der Waals surface area (Å²) in [7, 11) is 0. The lowest BCUT2D eigenvalue weighted by atomic mass is 10.2. The van der Waals surface area contributed by atoms with Crippen LogP contribution in [0.1, 0.15) is 5.56 Å². The van der Waals surface area contributed by atoms with Crippen LogP contribution in [0.15, 0.2) is 58.8 Å². The molecule has 4 nitrogen and oxygen atoms in total. The number of rotatable bonds is 5. The average Bonchev–Trinajstić information content (AvgIpc) is 2.46. The van der Waals surface area contributed by atoms with Crippen LogP contribution in [0.4, 0.5) is 0 Å². The third-order valence-electron chi connectivity index (χ3n) is 2.24. The van der Waals surface area contributed by atoms with Crippen molar-refractivity contribution in [2.75, 3.05) is 5.75 Å². The molecule has 1 aromatic heterocycles. The van der Waals surface area contributed by atoms with Crippen LogP contribution in [0.5, 0.6) is 0 Å². The maximum Gasteiger partial charge on any atom is 0.250 e. The van der Waals surface area contributed by atoms with E-state index in [0.29, 0.717) is 5.02 Å². The van der Waals surface area contributed by atoms with Gasteiger partial charge in [-0.1, -0.05) is 41.6 Å². The third-order valence-corrected chi connectivity index (χ3v) is 3.42. The minimum Gasteiger partial charge on any atom is -0.272 e. The van der Waals surface area contributed by atoms with Crippen LogP contribution in [0.3, 0.4) is 0 Å². The van der Waals surface area contributed by atoms with E-state index in [2.05, 4.69) is 15.5 Å². The van der Waals surface area contributed by atoms with Crippen LogP contribution in [-0.2, 0) is 4.79 Å². The Hall–Kier alpha value is -1.85. The number of pyridine rings is 1. The minimum atomic E-state index is -0.182. The molecule has 0 aliphatic carbocycles. The summed E-state index contributed by atoms with van der Waals surface area (Å²) in [6, 6.07) is 12.8. The largest absolute Gasteiger partial charge is 0.272 e. The van der Waals surface area contributed by atoms with E-state index in [1.807, 2.05) is 30.3 Å². The van der Waals surface area contributed by atoms with E-state index >= 15 is 0 Å². The monoisotopic (exact) mass is 305 g/mol. The summed E-state index contributed by atoms with van der Waals surface area (Å²) in [5.41, 5.74) is 3.29. The molecule has 1 amide bonds. The van der Waals surface area contributed by atoms with Gasteiger partial charge in [0.25, 0.3) is 0 Å². The third kappa shape index (κ3) is 5.03. The van der Waals surface area contributed by atoms with Crippen LogP contribution in [0, 0.1) is 0 Å². The van der Waals surface area contributed by atoms with E-state index in [4.69, 9.17) is 11.6 Å². The molecule has 2 aromatic rings. The van der Waals surface area contributed by atoms with Crippen molar-refractivity contribution in [1.29, 1.82) is 0 Å². The Morgan fingerprint density at radius 1 is 1.35 bits per heavy atom. The standard InChI is InChI=1S/C14H12ClN3OS/c15-12-5-3-4-11(8-12)9-17-18-13(19)10-20-14-6-1-2-7-16-14/h1-9H,10H2,(H,18,19)/b17-9+. The van der Waals surface area contributed by atoms with Crippen molar-refractivity contribution in [2.45, 2.75) is 5.03 Å². The molecule has 0 bridgehead atoms. The maximum atomic E-state index is 11.6. The highest BCUT2D eigenvalue weighted by Gasteiger charge is 2.01. The second kappa shape index (κ2) is 7.67. The highest BCUT2D eigenvalue weighted by molar-refractivity contribution is 7.99. The molecule has 0 aliphatic rings. The number of amides is 1. The highest BCUT2D eigenvalue weighted by atomic mass is 35.5. The smallest absolute Gasteiger partial charge is 0.250 e. The van der Waals surface area contributed by atoms with E-state index in [1.165, 1.54) is 11.8 Å². The summed E-state index contributed by atoms with van der Waals surface area (Å²) >= 11 is 7.20. The quantitative estimate of drug-likeness (QED) is 0.525. The molecule has 1 aromatic carbocycles. The molecule has 102 valence electrons. The van der Waals surface area contributed by atoms with E-state index < -0.39 is 0 Å². The van der Waals surface area contributed by atoms with E-state index in [1.54, 1.807) is 24.5 Å². The molecule has 6 heteroatoms. The van der Waals surface area contributed by atoms with Crippen LogP contribution in [0.25, 0.3) is 0 Å². The normalized spacial score (nSPS) is 10.7. The Morgan fingerprint density at radius 2 is 2.25 bits per heavy atom. The molecular formula is C14H12ClN3OS. The van der Waals surface area contributed by atoms with Gasteiger partial charge in [0.1, 0.15) is 0 Å². The summed E-state index contributed by atoms with van der Waals surface area (Å²) in [6.45, 7) is 0. The first-order chi connectivity index (χ1) is 9.74. The van der Waals surface area contributed by atoms with Crippen LogP contribution in [0.2, 0.25) is 5.02 Å². The van der Waals surface area contributed by atoms with E-state index in [-0.39, 0.29) is 11.7 Å². The zero-order chi connectivity index (χ0) is 14.2. The predicted molar refractivity (Wildman–Crippen MR) is 82.1 cm³/mol. The second-order valence-electron chi connectivity index (χ2n) is 3.80. The number of thioether (sulfide) groups is 1. The molecule has 0 unspecified atom stereocenters. The number of halogens is 1. The van der Waals surface area contributed by atoms with Crippen molar-refractivity contribution in [3.05, 3.63) is 59.2 Å². The van der Waals surface area contributed by atoms with Crippen LogP contribution in [-0.4, -0.2) is 22.9 Å². The number of nitrogens with zero attached hydrogens (tertiary/aromatic N) is 2. The van der Waals surface area contributed by atoms with Gasteiger partial charge >= 0.3 is 0 Å². The molecule has 0 saturated heterocycles. The summed E-state index contributed by atoms with van der Waals surface area (Å²) in [4.78, 5) is 15.7. The fourth-order valence-electron chi connectivity index (χ4n) is 1.37. The van der Waals surface area contributed by atoms with Gasteiger partial charge in [-0.05, 0) is 29.8 Å². The first kappa shape index (κ1) is 14.6. The molecule has 0 spiro atoms. The fraction of sp³-hybridized carbons (Fsp3) is 0.0714. The number of benzene rings is 1. The Labute approximate surface area is 126 Å². The van der Waals surface area contributed by atoms with Crippen LogP contribution >= 0.6 is 23.4 Å². The summed E-state index contributed by atoms with van der Waals surface area (Å²) in [5.74, 6) is 0.0862. The Bertz CT molecular complexity index is 604. The Kier molecular flexibility index (Phi) is 5.58. The fourth-order valence-corrected chi connectivity index (χ4v) is 2.22. The number of nitrogens with one attached hydrogen (secondary N) is 1. The Morgan fingerprint density at radius 3 is 3.00 bits per heavy atom. The van der Waals surface area contributed by atoms with Gasteiger partial charge in [-0.25, -0.2) is 10.4 Å². The van der Waals surface area contributed by atoms with E-state index in [0.717, 1.165) is 10.6 Å². The number of hydrogen-bond acceptors (Lipinski definition) is 4. The number of carbonyl (C=O) groups excluding carboxylic acids is 1. The molecular weight excluding hydrogens is 294 g/mol. The Balaban J connectivity index is 1.78. The molecule has 0 saturated carbocycles. The average molecular weight is 306 g/mol. The highest BCUT2D eigenvalue weighted by Crippen LogP contribution is 2.13. The van der Waals surface area contributed by atoms with Crippen molar-refractivity contribution >= 4 is 35.5 Å². The van der Waals surface area contributed by atoms with Gasteiger partial charge in [0, 0.05) is 11.2 Å². The van der Waals surface area contributed by atoms with Gasteiger partial charge in [-0.2, -0.15) is 5.10 Å². The van der Waals surface area contributed by atoms with Gasteiger partial charge in [0.2, 0.25) is 5.91 Å². The molecule has 2 rings (SSSR count). The molecule has 1 heterocycles. The lowest BCUT2D eigenvalue weighted by Gasteiger charge is -1.99. The van der Waals surface area contributed by atoms with Gasteiger partial charge < -0.3 is 0 Å². The number of hydrazone groups is 1. The first-order valence-corrected chi connectivity index (χ1v) is 7.22. The summed E-state index contributed by atoms with van der Waals surface area (Å²) in [6.07, 6.45) is 3.24. The molecule has 0 atom stereocenters. The summed E-state index contributed by atoms with van der Waals surface area (Å²) < 4.78 is 0. The van der Waals surface area contributed by atoms with Gasteiger partial charge in [-0.3, -0.25) is 4.79 Å². The zero-order valence-electron chi connectivity index (χ0n) is 10.5. The van der Waals surface area contributed by atoms with E-state index in [9.17, 15) is 4.79 Å². The van der Waals surface area contributed by atoms with Crippen molar-refractivity contribution in [1.82, 2.24) is 10.4 Å². The van der Waals surface area contributed by atoms with Crippen LogP contribution < -0.4 is 5.43 Å². The lowest BCUT2D eigenvalue weighted by molar-refractivity contribution is -0.118. The molecule has 1 N–H and O–H groups in total.